The Morgan fingerprint density at radius 2 is 2.18 bits per heavy atom. The van der Waals surface area contributed by atoms with E-state index < -0.39 is 0 Å². The minimum atomic E-state index is -0.357. The lowest BCUT2D eigenvalue weighted by atomic mass is 10.3. The minimum absolute atomic E-state index is 0.0578. The Labute approximate surface area is 98.0 Å². The first-order valence-corrected chi connectivity index (χ1v) is 5.06. The number of carbonyl (C=O) groups excluding carboxylic acids is 1. The molecule has 0 atom stereocenters. The van der Waals surface area contributed by atoms with E-state index in [4.69, 9.17) is 10.5 Å². The maximum absolute atomic E-state index is 11.5. The van der Waals surface area contributed by atoms with Crippen molar-refractivity contribution in [3.63, 3.8) is 0 Å². The van der Waals surface area contributed by atoms with Gasteiger partial charge in [-0.2, -0.15) is 5.10 Å². The lowest BCUT2D eigenvalue weighted by molar-refractivity contribution is -0.145. The largest absolute Gasteiger partial charge is 0.459 e. The van der Waals surface area contributed by atoms with Crippen molar-refractivity contribution < 1.29 is 9.53 Å². The first kappa shape index (κ1) is 11.1. The summed E-state index contributed by atoms with van der Waals surface area (Å²) in [5, 5.41) is 3.89. The topological polar surface area (TPSA) is 83.0 Å². The Morgan fingerprint density at radius 3 is 2.82 bits per heavy atom. The predicted molar refractivity (Wildman–Crippen MR) is 60.7 cm³/mol. The third kappa shape index (κ3) is 3.30. The van der Waals surface area contributed by atoms with E-state index in [0.717, 1.165) is 5.56 Å². The average Bonchev–Trinajstić information content (AvgIpc) is 2.73. The van der Waals surface area contributed by atoms with E-state index in [1.807, 2.05) is 0 Å². The second kappa shape index (κ2) is 5.11. The first-order valence-electron chi connectivity index (χ1n) is 5.06. The van der Waals surface area contributed by atoms with Crippen LogP contribution < -0.4 is 5.73 Å². The molecule has 0 amide bonds. The summed E-state index contributed by atoms with van der Waals surface area (Å²) < 4.78 is 6.51. The third-order valence-electron chi connectivity index (χ3n) is 2.09. The molecular formula is C11H12N4O2. The number of rotatable bonds is 4. The molecule has 2 aromatic rings. The monoisotopic (exact) mass is 232 g/mol. The van der Waals surface area contributed by atoms with Crippen molar-refractivity contribution in [3.05, 3.63) is 42.5 Å². The van der Waals surface area contributed by atoms with Gasteiger partial charge in [0.25, 0.3) is 0 Å². The maximum atomic E-state index is 11.5. The fraction of sp³-hybridized carbons (Fsp3) is 0.182. The summed E-state index contributed by atoms with van der Waals surface area (Å²) in [6, 6.07) is 3.58. The molecule has 2 aromatic heterocycles. The van der Waals surface area contributed by atoms with Crippen LogP contribution in [0.2, 0.25) is 0 Å². The molecule has 0 bridgehead atoms. The van der Waals surface area contributed by atoms with Crippen molar-refractivity contribution in [3.8, 4) is 0 Å². The number of anilines is 1. The molecule has 0 saturated carbocycles. The highest BCUT2D eigenvalue weighted by atomic mass is 16.5. The van der Waals surface area contributed by atoms with E-state index in [9.17, 15) is 4.79 Å². The normalized spacial score (nSPS) is 10.1. The molecule has 0 radical (unpaired) electrons. The van der Waals surface area contributed by atoms with Crippen LogP contribution in [0.25, 0.3) is 0 Å². The van der Waals surface area contributed by atoms with E-state index in [-0.39, 0.29) is 19.1 Å². The van der Waals surface area contributed by atoms with E-state index in [1.54, 1.807) is 30.7 Å². The molecule has 0 unspecified atom stereocenters. The van der Waals surface area contributed by atoms with Crippen LogP contribution in [0.4, 0.5) is 5.69 Å². The predicted octanol–water partition coefficient (Wildman–Crippen LogP) is 0.604. The van der Waals surface area contributed by atoms with Gasteiger partial charge in [0.15, 0.2) is 0 Å². The molecule has 0 aliphatic heterocycles. The van der Waals surface area contributed by atoms with Crippen LogP contribution >= 0.6 is 0 Å². The fourth-order valence-electron chi connectivity index (χ4n) is 1.29. The number of nitrogens with two attached hydrogens (primary N) is 1. The number of esters is 1. The van der Waals surface area contributed by atoms with Gasteiger partial charge in [-0.15, -0.1) is 0 Å². The number of carbonyl (C=O) groups is 1. The highest BCUT2D eigenvalue weighted by Gasteiger charge is 2.05. The highest BCUT2D eigenvalue weighted by Crippen LogP contribution is 2.01. The van der Waals surface area contributed by atoms with Crippen LogP contribution in [-0.2, 0) is 22.7 Å². The fourth-order valence-corrected chi connectivity index (χ4v) is 1.29. The van der Waals surface area contributed by atoms with Crippen molar-refractivity contribution in [1.29, 1.82) is 0 Å². The highest BCUT2D eigenvalue weighted by molar-refractivity contribution is 5.69. The van der Waals surface area contributed by atoms with Gasteiger partial charge in [-0.05, 0) is 17.7 Å². The zero-order valence-electron chi connectivity index (χ0n) is 9.11. The van der Waals surface area contributed by atoms with Crippen LogP contribution in [0.15, 0.2) is 36.9 Å². The van der Waals surface area contributed by atoms with E-state index in [2.05, 4.69) is 10.1 Å². The summed E-state index contributed by atoms with van der Waals surface area (Å²) in [6.07, 6.45) is 6.36. The number of nitrogen functional groups attached to an aromatic ring is 1. The molecule has 6 heteroatoms. The molecule has 0 saturated heterocycles. The molecule has 0 spiro atoms. The second-order valence-electron chi connectivity index (χ2n) is 3.49. The molecule has 0 aliphatic rings. The SMILES string of the molecule is Nc1cnn(CC(=O)OCc2ccncc2)c1. The molecule has 2 rings (SSSR count). The molecule has 17 heavy (non-hydrogen) atoms. The van der Waals surface area contributed by atoms with Gasteiger partial charge in [-0.25, -0.2) is 0 Å². The summed E-state index contributed by atoms with van der Waals surface area (Å²) in [7, 11) is 0. The van der Waals surface area contributed by atoms with Gasteiger partial charge in [-0.3, -0.25) is 14.5 Å². The van der Waals surface area contributed by atoms with E-state index in [0.29, 0.717) is 5.69 Å². The zero-order valence-corrected chi connectivity index (χ0v) is 9.11. The van der Waals surface area contributed by atoms with Gasteiger partial charge in [0, 0.05) is 18.6 Å². The Kier molecular flexibility index (Phi) is 3.34. The van der Waals surface area contributed by atoms with Crippen molar-refractivity contribution in [2.45, 2.75) is 13.2 Å². The van der Waals surface area contributed by atoms with Gasteiger partial charge < -0.3 is 10.5 Å². The number of aromatic nitrogens is 3. The first-order chi connectivity index (χ1) is 8.24. The van der Waals surface area contributed by atoms with Gasteiger partial charge in [-0.1, -0.05) is 0 Å². The lowest BCUT2D eigenvalue weighted by Gasteiger charge is -2.04. The molecular weight excluding hydrogens is 220 g/mol. The van der Waals surface area contributed by atoms with Crippen LogP contribution in [-0.4, -0.2) is 20.7 Å². The summed E-state index contributed by atoms with van der Waals surface area (Å²) >= 11 is 0. The van der Waals surface area contributed by atoms with Crippen molar-refractivity contribution in [2.75, 3.05) is 5.73 Å². The summed E-state index contributed by atoms with van der Waals surface area (Å²) in [6.45, 7) is 0.292. The van der Waals surface area contributed by atoms with Crippen LogP contribution in [0.5, 0.6) is 0 Å². The van der Waals surface area contributed by atoms with Crippen LogP contribution in [0.3, 0.4) is 0 Å². The molecule has 0 aromatic carbocycles. The third-order valence-corrected chi connectivity index (χ3v) is 2.09. The number of nitrogens with zero attached hydrogens (tertiary/aromatic N) is 3. The quantitative estimate of drug-likeness (QED) is 0.780. The minimum Gasteiger partial charge on any atom is -0.459 e. The van der Waals surface area contributed by atoms with Gasteiger partial charge in [0.1, 0.15) is 13.2 Å². The number of ether oxygens (including phenoxy) is 1. The summed E-state index contributed by atoms with van der Waals surface area (Å²) in [5.41, 5.74) is 6.89. The lowest BCUT2D eigenvalue weighted by Crippen LogP contribution is -2.13. The van der Waals surface area contributed by atoms with Crippen LogP contribution in [0.1, 0.15) is 5.56 Å². The Balaban J connectivity index is 1.82. The Hall–Kier alpha value is -2.37. The summed E-state index contributed by atoms with van der Waals surface area (Å²) in [5.74, 6) is -0.357. The number of pyridine rings is 1. The van der Waals surface area contributed by atoms with E-state index >= 15 is 0 Å². The second-order valence-corrected chi connectivity index (χ2v) is 3.49. The van der Waals surface area contributed by atoms with Crippen molar-refractivity contribution in [2.24, 2.45) is 0 Å². The molecule has 0 fully saturated rings. The number of hydrogen-bond acceptors (Lipinski definition) is 5. The van der Waals surface area contributed by atoms with Crippen molar-refractivity contribution in [1.82, 2.24) is 14.8 Å². The molecule has 2 heterocycles. The Bertz CT molecular complexity index is 495. The molecule has 2 N–H and O–H groups in total. The van der Waals surface area contributed by atoms with Gasteiger partial charge in [0.2, 0.25) is 0 Å². The standard InChI is InChI=1S/C11H12N4O2/c12-10-5-14-15(6-10)7-11(16)17-8-9-1-3-13-4-2-9/h1-6H,7-8,12H2. The number of hydrogen-bond donors (Lipinski definition) is 1. The Morgan fingerprint density at radius 1 is 1.41 bits per heavy atom. The molecule has 88 valence electrons. The van der Waals surface area contributed by atoms with Crippen molar-refractivity contribution >= 4 is 11.7 Å². The van der Waals surface area contributed by atoms with Gasteiger partial charge in [0.05, 0.1) is 11.9 Å². The smallest absolute Gasteiger partial charge is 0.328 e. The maximum Gasteiger partial charge on any atom is 0.328 e. The molecule has 6 nitrogen and oxygen atoms in total. The molecule has 0 aliphatic carbocycles. The average molecular weight is 232 g/mol. The van der Waals surface area contributed by atoms with Crippen LogP contribution in [0, 0.1) is 0 Å². The van der Waals surface area contributed by atoms with E-state index in [1.165, 1.54) is 10.9 Å². The summed E-state index contributed by atoms with van der Waals surface area (Å²) in [4.78, 5) is 15.3. The van der Waals surface area contributed by atoms with Gasteiger partial charge >= 0.3 is 5.97 Å². The zero-order chi connectivity index (χ0) is 12.1.